The molecule has 0 amide bonds. The highest BCUT2D eigenvalue weighted by Crippen LogP contribution is 2.30. The van der Waals surface area contributed by atoms with Crippen molar-refractivity contribution >= 4 is 23.1 Å². The maximum absolute atomic E-state index is 11.3. The molecular formula is C13H16N6O2. The normalized spacial score (nSPS) is 10.1. The number of pyridine rings is 1. The first kappa shape index (κ1) is 14.6. The Morgan fingerprint density at radius 2 is 2.05 bits per heavy atom. The molecule has 0 aliphatic rings. The van der Waals surface area contributed by atoms with E-state index in [1.54, 1.807) is 24.4 Å². The van der Waals surface area contributed by atoms with Crippen LogP contribution in [0.4, 0.5) is 23.1 Å². The number of nitrogens with one attached hydrogen (secondary N) is 2. The first-order valence-electron chi connectivity index (χ1n) is 6.63. The van der Waals surface area contributed by atoms with E-state index in [0.717, 1.165) is 12.8 Å². The molecule has 0 aliphatic carbocycles. The standard InChI is InChI=1S/C13H16N6O2/c1-2-3-7-15-12-11(19(20)21)13(17-9-16-12)18-10-6-4-5-8-14-10/h4-6,8-9H,2-3,7H2,1H3,(H2,14,15,16,17,18). The van der Waals surface area contributed by atoms with Crippen molar-refractivity contribution in [3.05, 3.63) is 40.8 Å². The zero-order valence-corrected chi connectivity index (χ0v) is 11.6. The predicted molar refractivity (Wildman–Crippen MR) is 79.6 cm³/mol. The quantitative estimate of drug-likeness (QED) is 0.458. The van der Waals surface area contributed by atoms with Crippen molar-refractivity contribution < 1.29 is 4.92 Å². The van der Waals surface area contributed by atoms with Crippen molar-refractivity contribution in [2.45, 2.75) is 19.8 Å². The van der Waals surface area contributed by atoms with E-state index in [1.165, 1.54) is 6.33 Å². The summed E-state index contributed by atoms with van der Waals surface area (Å²) < 4.78 is 0. The summed E-state index contributed by atoms with van der Waals surface area (Å²) in [6.45, 7) is 2.67. The largest absolute Gasteiger partial charge is 0.364 e. The van der Waals surface area contributed by atoms with Crippen molar-refractivity contribution in [2.24, 2.45) is 0 Å². The van der Waals surface area contributed by atoms with Gasteiger partial charge in [-0.2, -0.15) is 0 Å². The molecule has 0 saturated heterocycles. The van der Waals surface area contributed by atoms with Gasteiger partial charge in [-0.3, -0.25) is 10.1 Å². The molecule has 0 bridgehead atoms. The molecule has 2 heterocycles. The predicted octanol–water partition coefficient (Wildman–Crippen LogP) is 2.74. The van der Waals surface area contributed by atoms with Gasteiger partial charge in [0, 0.05) is 12.7 Å². The lowest BCUT2D eigenvalue weighted by atomic mass is 10.3. The van der Waals surface area contributed by atoms with Gasteiger partial charge < -0.3 is 10.6 Å². The van der Waals surface area contributed by atoms with E-state index in [0.29, 0.717) is 12.4 Å². The molecule has 2 aromatic rings. The van der Waals surface area contributed by atoms with Gasteiger partial charge in [0.15, 0.2) is 0 Å². The molecule has 0 saturated carbocycles. The summed E-state index contributed by atoms with van der Waals surface area (Å²) in [5.41, 5.74) is -0.181. The molecule has 2 aromatic heterocycles. The van der Waals surface area contributed by atoms with E-state index in [1.807, 2.05) is 6.92 Å². The van der Waals surface area contributed by atoms with Gasteiger partial charge in [0.25, 0.3) is 0 Å². The molecule has 0 aliphatic heterocycles. The Labute approximate surface area is 121 Å². The molecule has 8 heteroatoms. The van der Waals surface area contributed by atoms with Gasteiger partial charge in [-0.15, -0.1) is 0 Å². The van der Waals surface area contributed by atoms with Crippen LogP contribution in [0.1, 0.15) is 19.8 Å². The summed E-state index contributed by atoms with van der Waals surface area (Å²) in [6.07, 6.45) is 4.78. The summed E-state index contributed by atoms with van der Waals surface area (Å²) >= 11 is 0. The van der Waals surface area contributed by atoms with Crippen molar-refractivity contribution in [1.82, 2.24) is 15.0 Å². The minimum atomic E-state index is -0.500. The van der Waals surface area contributed by atoms with E-state index in [-0.39, 0.29) is 17.3 Å². The zero-order valence-electron chi connectivity index (χ0n) is 11.6. The first-order valence-corrected chi connectivity index (χ1v) is 6.63. The van der Waals surface area contributed by atoms with E-state index < -0.39 is 4.92 Å². The molecule has 0 atom stereocenters. The van der Waals surface area contributed by atoms with Gasteiger partial charge in [-0.05, 0) is 18.6 Å². The summed E-state index contributed by atoms with van der Waals surface area (Å²) in [5, 5.41) is 17.1. The topological polar surface area (TPSA) is 106 Å². The van der Waals surface area contributed by atoms with Crippen LogP contribution in [0, 0.1) is 10.1 Å². The van der Waals surface area contributed by atoms with Gasteiger partial charge in [0.05, 0.1) is 4.92 Å². The molecule has 0 spiro atoms. The van der Waals surface area contributed by atoms with Crippen LogP contribution in [0.5, 0.6) is 0 Å². The van der Waals surface area contributed by atoms with Crippen LogP contribution in [-0.4, -0.2) is 26.4 Å². The lowest BCUT2D eigenvalue weighted by Gasteiger charge is -2.09. The fourth-order valence-corrected chi connectivity index (χ4v) is 1.71. The Bertz CT molecular complexity index is 605. The minimum absolute atomic E-state index is 0.118. The molecule has 0 aromatic carbocycles. The van der Waals surface area contributed by atoms with Crippen molar-refractivity contribution in [2.75, 3.05) is 17.2 Å². The Hall–Kier alpha value is -2.77. The number of hydrogen-bond acceptors (Lipinski definition) is 7. The fraction of sp³-hybridized carbons (Fsp3) is 0.308. The van der Waals surface area contributed by atoms with Gasteiger partial charge in [-0.1, -0.05) is 19.4 Å². The molecule has 110 valence electrons. The molecule has 0 unspecified atom stereocenters. The maximum atomic E-state index is 11.3. The van der Waals surface area contributed by atoms with Crippen LogP contribution in [0.3, 0.4) is 0 Å². The maximum Gasteiger partial charge on any atom is 0.353 e. The minimum Gasteiger partial charge on any atom is -0.364 e. The smallest absolute Gasteiger partial charge is 0.353 e. The lowest BCUT2D eigenvalue weighted by Crippen LogP contribution is -2.09. The first-order chi connectivity index (χ1) is 10.2. The van der Waals surface area contributed by atoms with E-state index in [9.17, 15) is 10.1 Å². The highest BCUT2D eigenvalue weighted by Gasteiger charge is 2.22. The summed E-state index contributed by atoms with van der Waals surface area (Å²) in [7, 11) is 0. The number of anilines is 3. The van der Waals surface area contributed by atoms with Crippen LogP contribution < -0.4 is 10.6 Å². The summed E-state index contributed by atoms with van der Waals surface area (Å²) in [4.78, 5) is 22.7. The average molecular weight is 288 g/mol. The number of aromatic nitrogens is 3. The Kier molecular flexibility index (Phi) is 4.97. The summed E-state index contributed by atoms with van der Waals surface area (Å²) in [6, 6.07) is 5.25. The number of unbranched alkanes of at least 4 members (excludes halogenated alkanes) is 1. The Morgan fingerprint density at radius 1 is 1.24 bits per heavy atom. The van der Waals surface area contributed by atoms with Crippen LogP contribution in [0.2, 0.25) is 0 Å². The zero-order chi connectivity index (χ0) is 15.1. The second-order valence-corrected chi connectivity index (χ2v) is 4.30. The van der Waals surface area contributed by atoms with Crippen LogP contribution in [-0.2, 0) is 0 Å². The van der Waals surface area contributed by atoms with Crippen LogP contribution in [0.15, 0.2) is 30.7 Å². The average Bonchev–Trinajstić information content (AvgIpc) is 2.48. The second kappa shape index (κ2) is 7.13. The number of hydrogen-bond donors (Lipinski definition) is 2. The van der Waals surface area contributed by atoms with E-state index in [2.05, 4.69) is 25.6 Å². The van der Waals surface area contributed by atoms with Gasteiger partial charge in [0.1, 0.15) is 12.1 Å². The molecular weight excluding hydrogens is 272 g/mol. The van der Waals surface area contributed by atoms with Gasteiger partial charge in [-0.25, -0.2) is 15.0 Å². The fourth-order valence-electron chi connectivity index (χ4n) is 1.71. The van der Waals surface area contributed by atoms with E-state index >= 15 is 0 Å². The van der Waals surface area contributed by atoms with E-state index in [4.69, 9.17) is 0 Å². The number of rotatable bonds is 7. The Morgan fingerprint density at radius 3 is 2.71 bits per heavy atom. The third kappa shape index (κ3) is 3.85. The number of nitro groups is 1. The van der Waals surface area contributed by atoms with Crippen molar-refractivity contribution in [3.8, 4) is 0 Å². The molecule has 2 N–H and O–H groups in total. The third-order valence-corrected chi connectivity index (χ3v) is 2.74. The Balaban J connectivity index is 2.28. The highest BCUT2D eigenvalue weighted by atomic mass is 16.6. The molecule has 0 fully saturated rings. The van der Waals surface area contributed by atoms with Gasteiger partial charge in [0.2, 0.25) is 11.6 Å². The molecule has 21 heavy (non-hydrogen) atoms. The number of nitrogens with zero attached hydrogens (tertiary/aromatic N) is 4. The molecule has 2 rings (SSSR count). The lowest BCUT2D eigenvalue weighted by molar-refractivity contribution is -0.383. The third-order valence-electron chi connectivity index (χ3n) is 2.74. The van der Waals surface area contributed by atoms with Crippen molar-refractivity contribution in [1.29, 1.82) is 0 Å². The molecule has 0 radical (unpaired) electrons. The SMILES string of the molecule is CCCCNc1ncnc(Nc2ccccn2)c1[N+](=O)[O-]. The summed E-state index contributed by atoms with van der Waals surface area (Å²) in [5.74, 6) is 0.813. The van der Waals surface area contributed by atoms with Crippen molar-refractivity contribution in [3.63, 3.8) is 0 Å². The van der Waals surface area contributed by atoms with Crippen LogP contribution in [0.25, 0.3) is 0 Å². The monoisotopic (exact) mass is 288 g/mol. The van der Waals surface area contributed by atoms with Gasteiger partial charge >= 0.3 is 5.69 Å². The van der Waals surface area contributed by atoms with Crippen LogP contribution >= 0.6 is 0 Å². The second-order valence-electron chi connectivity index (χ2n) is 4.30. The highest BCUT2D eigenvalue weighted by molar-refractivity contribution is 5.72. The molecule has 8 nitrogen and oxygen atoms in total.